The number of furan rings is 1. The number of hydrazine groups is 1. The number of benzene rings is 1. The van der Waals surface area contributed by atoms with E-state index < -0.39 is 0 Å². The van der Waals surface area contributed by atoms with Crippen molar-refractivity contribution < 1.29 is 4.42 Å². The molecule has 3 nitrogen and oxygen atoms in total. The Bertz CT molecular complexity index is 578. The molecule has 2 aliphatic carbocycles. The molecule has 0 aliphatic heterocycles. The van der Waals surface area contributed by atoms with Gasteiger partial charge in [-0.25, -0.2) is 5.43 Å². The van der Waals surface area contributed by atoms with Crippen LogP contribution in [0.2, 0.25) is 0 Å². The lowest BCUT2D eigenvalue weighted by Gasteiger charge is -2.14. The van der Waals surface area contributed by atoms with Gasteiger partial charge in [0.25, 0.3) is 0 Å². The molecule has 4 rings (SSSR count). The normalized spacial score (nSPS) is 29.4. The van der Waals surface area contributed by atoms with Crippen molar-refractivity contribution in [2.75, 3.05) is 0 Å². The van der Waals surface area contributed by atoms with Gasteiger partial charge in [-0.15, -0.1) is 0 Å². The molecular weight excluding hydrogens is 236 g/mol. The first-order valence-electron chi connectivity index (χ1n) is 6.97. The summed E-state index contributed by atoms with van der Waals surface area (Å²) >= 11 is 0. The first-order chi connectivity index (χ1) is 9.40. The van der Waals surface area contributed by atoms with Crippen molar-refractivity contribution in [1.82, 2.24) is 5.43 Å². The number of nitrogens with one attached hydrogen (secondary N) is 1. The van der Waals surface area contributed by atoms with Crippen LogP contribution in [-0.4, -0.2) is 0 Å². The quantitative estimate of drug-likeness (QED) is 0.654. The van der Waals surface area contributed by atoms with Crippen molar-refractivity contribution in [2.24, 2.45) is 17.7 Å². The molecule has 0 spiro atoms. The summed E-state index contributed by atoms with van der Waals surface area (Å²) in [6.45, 7) is 0. The summed E-state index contributed by atoms with van der Waals surface area (Å²) in [5.41, 5.74) is 6.00. The van der Waals surface area contributed by atoms with Gasteiger partial charge in [-0.2, -0.15) is 0 Å². The van der Waals surface area contributed by atoms with Gasteiger partial charge in [0.1, 0.15) is 5.76 Å². The fraction of sp³-hybridized carbons (Fsp3) is 0.375. The van der Waals surface area contributed by atoms with E-state index >= 15 is 0 Å². The lowest BCUT2D eigenvalue weighted by molar-refractivity contribution is 0.371. The summed E-state index contributed by atoms with van der Waals surface area (Å²) < 4.78 is 5.54. The Kier molecular flexibility index (Phi) is 2.50. The van der Waals surface area contributed by atoms with Crippen LogP contribution in [0, 0.1) is 11.8 Å². The maximum Gasteiger partial charge on any atom is 0.122 e. The highest BCUT2D eigenvalue weighted by Crippen LogP contribution is 2.64. The minimum atomic E-state index is 0.135. The van der Waals surface area contributed by atoms with Gasteiger partial charge in [0.2, 0.25) is 0 Å². The maximum absolute atomic E-state index is 5.77. The summed E-state index contributed by atoms with van der Waals surface area (Å²) in [6.07, 6.45) is 4.19. The van der Waals surface area contributed by atoms with Crippen molar-refractivity contribution in [3.05, 3.63) is 59.5 Å². The SMILES string of the molecule is NNC(c1ccco1)C1C2CCc3ccccc3C21. The molecule has 0 radical (unpaired) electrons. The number of nitrogens with two attached hydrogens (primary N) is 1. The average Bonchev–Trinajstić information content (AvgIpc) is 2.92. The smallest absolute Gasteiger partial charge is 0.122 e. The standard InChI is InChI=1S/C16H18N2O/c17-18-16(13-6-3-9-19-13)15-12-8-7-10-4-1-2-5-11(10)14(12)15/h1-6,9,12,14-16,18H,7-8,17H2. The highest BCUT2D eigenvalue weighted by atomic mass is 16.3. The third-order valence-corrected chi connectivity index (χ3v) is 4.80. The van der Waals surface area contributed by atoms with Gasteiger partial charge < -0.3 is 4.42 Å². The maximum atomic E-state index is 5.77. The van der Waals surface area contributed by atoms with Gasteiger partial charge in [-0.1, -0.05) is 24.3 Å². The molecule has 2 aliphatic rings. The zero-order valence-corrected chi connectivity index (χ0v) is 10.8. The van der Waals surface area contributed by atoms with Crippen LogP contribution >= 0.6 is 0 Å². The highest BCUT2D eigenvalue weighted by Gasteiger charge is 2.57. The Balaban J connectivity index is 1.66. The zero-order chi connectivity index (χ0) is 12.8. The van der Waals surface area contributed by atoms with Crippen LogP contribution in [0.25, 0.3) is 0 Å². The van der Waals surface area contributed by atoms with E-state index in [0.717, 1.165) is 11.7 Å². The summed E-state index contributed by atoms with van der Waals surface area (Å²) in [7, 11) is 0. The number of aryl methyl sites for hydroxylation is 1. The van der Waals surface area contributed by atoms with Gasteiger partial charge in [-0.3, -0.25) is 5.84 Å². The lowest BCUT2D eigenvalue weighted by Crippen LogP contribution is -2.30. The monoisotopic (exact) mass is 254 g/mol. The predicted molar refractivity (Wildman–Crippen MR) is 73.3 cm³/mol. The number of hydrogen-bond donors (Lipinski definition) is 2. The molecule has 1 aromatic heterocycles. The van der Waals surface area contributed by atoms with Gasteiger partial charge in [0.05, 0.1) is 12.3 Å². The minimum Gasteiger partial charge on any atom is -0.468 e. The molecule has 0 bridgehead atoms. The number of fused-ring (bicyclic) bond motifs is 3. The van der Waals surface area contributed by atoms with Crippen LogP contribution in [-0.2, 0) is 6.42 Å². The lowest BCUT2D eigenvalue weighted by atomic mass is 9.92. The third kappa shape index (κ3) is 1.66. The Labute approximate surface area is 112 Å². The molecule has 4 unspecified atom stereocenters. The topological polar surface area (TPSA) is 51.2 Å². The second-order valence-electron chi connectivity index (χ2n) is 5.66. The van der Waals surface area contributed by atoms with E-state index in [9.17, 15) is 0 Å². The second kappa shape index (κ2) is 4.22. The average molecular weight is 254 g/mol. The van der Waals surface area contributed by atoms with Crippen LogP contribution in [0.4, 0.5) is 0 Å². The summed E-state index contributed by atoms with van der Waals surface area (Å²) in [5, 5.41) is 0. The van der Waals surface area contributed by atoms with Gasteiger partial charge >= 0.3 is 0 Å². The molecule has 1 fully saturated rings. The molecule has 0 saturated heterocycles. The molecule has 1 aromatic carbocycles. The van der Waals surface area contributed by atoms with Crippen LogP contribution in [0.5, 0.6) is 0 Å². The van der Waals surface area contributed by atoms with Crippen LogP contribution in [0.15, 0.2) is 47.1 Å². The van der Waals surface area contributed by atoms with E-state index in [-0.39, 0.29) is 6.04 Å². The Morgan fingerprint density at radius 1 is 1.21 bits per heavy atom. The predicted octanol–water partition coefficient (Wildman–Crippen LogP) is 2.76. The van der Waals surface area contributed by atoms with E-state index in [2.05, 4.69) is 29.7 Å². The van der Waals surface area contributed by atoms with Crippen LogP contribution in [0.3, 0.4) is 0 Å². The fourth-order valence-electron chi connectivity index (χ4n) is 3.93. The van der Waals surface area contributed by atoms with Gasteiger partial charge in [-0.05, 0) is 53.9 Å². The number of rotatable bonds is 3. The number of hydrogen-bond acceptors (Lipinski definition) is 3. The molecule has 0 amide bonds. The van der Waals surface area contributed by atoms with Crippen molar-refractivity contribution in [3.8, 4) is 0 Å². The van der Waals surface area contributed by atoms with Crippen molar-refractivity contribution in [1.29, 1.82) is 0 Å². The van der Waals surface area contributed by atoms with Crippen molar-refractivity contribution in [3.63, 3.8) is 0 Å². The van der Waals surface area contributed by atoms with Crippen LogP contribution in [0.1, 0.15) is 35.3 Å². The largest absolute Gasteiger partial charge is 0.468 e. The molecule has 19 heavy (non-hydrogen) atoms. The Morgan fingerprint density at radius 3 is 2.89 bits per heavy atom. The molecule has 4 atom stereocenters. The van der Waals surface area contributed by atoms with Crippen molar-refractivity contribution in [2.45, 2.75) is 24.8 Å². The fourth-order valence-corrected chi connectivity index (χ4v) is 3.93. The Morgan fingerprint density at radius 2 is 2.11 bits per heavy atom. The van der Waals surface area contributed by atoms with Crippen LogP contribution < -0.4 is 11.3 Å². The molecule has 3 N–H and O–H groups in total. The molecule has 2 aromatic rings. The molecule has 1 heterocycles. The first-order valence-corrected chi connectivity index (χ1v) is 6.97. The Hall–Kier alpha value is -1.58. The third-order valence-electron chi connectivity index (χ3n) is 4.80. The molecule has 3 heteroatoms. The minimum absolute atomic E-state index is 0.135. The van der Waals surface area contributed by atoms with Gasteiger partial charge in [0, 0.05) is 0 Å². The van der Waals surface area contributed by atoms with Crippen molar-refractivity contribution >= 4 is 0 Å². The molecule has 98 valence electrons. The van der Waals surface area contributed by atoms with E-state index in [0.29, 0.717) is 11.8 Å². The van der Waals surface area contributed by atoms with E-state index in [4.69, 9.17) is 10.3 Å². The van der Waals surface area contributed by atoms with E-state index in [1.165, 1.54) is 24.0 Å². The summed E-state index contributed by atoms with van der Waals surface area (Å²) in [5.74, 6) is 8.70. The first kappa shape index (κ1) is 11.3. The molecular formula is C16H18N2O. The second-order valence-corrected chi connectivity index (χ2v) is 5.66. The van der Waals surface area contributed by atoms with Gasteiger partial charge in [0.15, 0.2) is 0 Å². The highest BCUT2D eigenvalue weighted by molar-refractivity contribution is 5.40. The summed E-state index contributed by atoms with van der Waals surface area (Å²) in [4.78, 5) is 0. The van der Waals surface area contributed by atoms with E-state index in [1.807, 2.05) is 12.1 Å². The molecule has 1 saturated carbocycles. The van der Waals surface area contributed by atoms with E-state index in [1.54, 1.807) is 6.26 Å². The summed E-state index contributed by atoms with van der Waals surface area (Å²) in [6, 6.07) is 12.9. The zero-order valence-electron chi connectivity index (χ0n) is 10.8.